The third kappa shape index (κ3) is 3.68. The molecule has 1 fully saturated rings. The van der Waals surface area contributed by atoms with E-state index < -0.39 is 5.97 Å². The number of piperidine rings is 1. The Kier molecular flexibility index (Phi) is 5.24. The van der Waals surface area contributed by atoms with E-state index >= 15 is 0 Å². The minimum Gasteiger partial charge on any atom is -0.503 e. The minimum absolute atomic E-state index is 0.168. The molecule has 1 aliphatic heterocycles. The van der Waals surface area contributed by atoms with Crippen LogP contribution in [0.3, 0.4) is 0 Å². The van der Waals surface area contributed by atoms with Gasteiger partial charge in [-0.3, -0.25) is 14.5 Å². The van der Waals surface area contributed by atoms with Gasteiger partial charge in [-0.2, -0.15) is 0 Å². The zero-order chi connectivity index (χ0) is 16.3. The van der Waals surface area contributed by atoms with Crippen molar-refractivity contribution in [2.45, 2.75) is 45.7 Å². The summed E-state index contributed by atoms with van der Waals surface area (Å²) in [6.45, 7) is 5.95. The Hall–Kier alpha value is -1.82. The molecule has 0 aliphatic carbocycles. The van der Waals surface area contributed by atoms with Crippen molar-refractivity contribution in [1.82, 2.24) is 9.47 Å². The standard InChI is InChI=1S/C16H24N2O4/c1-3-11(2)18-10-15(20)14(19)7-13(18)9-17-6-4-5-12(8-17)16(21)22/h7,10-12,20H,3-6,8-9H2,1-2H3,(H,21,22). The van der Waals surface area contributed by atoms with Crippen LogP contribution in [-0.4, -0.2) is 38.7 Å². The fourth-order valence-electron chi connectivity index (χ4n) is 2.94. The molecular formula is C16H24N2O4. The first-order valence-corrected chi connectivity index (χ1v) is 7.81. The molecular weight excluding hydrogens is 284 g/mol. The van der Waals surface area contributed by atoms with Gasteiger partial charge in [0.25, 0.3) is 0 Å². The van der Waals surface area contributed by atoms with Crippen molar-refractivity contribution in [2.75, 3.05) is 13.1 Å². The van der Waals surface area contributed by atoms with Crippen molar-refractivity contribution in [3.05, 3.63) is 28.2 Å². The summed E-state index contributed by atoms with van der Waals surface area (Å²) in [5.41, 5.74) is 0.435. The van der Waals surface area contributed by atoms with E-state index in [1.807, 2.05) is 18.4 Å². The van der Waals surface area contributed by atoms with E-state index in [4.69, 9.17) is 5.11 Å². The van der Waals surface area contributed by atoms with Crippen molar-refractivity contribution >= 4 is 5.97 Å². The predicted octanol–water partition coefficient (Wildman–Crippen LogP) is 1.82. The maximum absolute atomic E-state index is 11.7. The SMILES string of the molecule is CCC(C)n1cc(O)c(=O)cc1CN1CCCC(C(=O)O)C1. The van der Waals surface area contributed by atoms with Gasteiger partial charge in [-0.25, -0.2) is 0 Å². The maximum atomic E-state index is 11.7. The Morgan fingerprint density at radius 2 is 2.23 bits per heavy atom. The minimum atomic E-state index is -0.755. The number of rotatable bonds is 5. The molecule has 6 nitrogen and oxygen atoms in total. The maximum Gasteiger partial charge on any atom is 0.307 e. The first-order chi connectivity index (χ1) is 10.4. The Morgan fingerprint density at radius 3 is 2.86 bits per heavy atom. The molecule has 1 aromatic heterocycles. The van der Waals surface area contributed by atoms with Gasteiger partial charge in [-0.1, -0.05) is 6.92 Å². The highest BCUT2D eigenvalue weighted by Crippen LogP contribution is 2.21. The summed E-state index contributed by atoms with van der Waals surface area (Å²) >= 11 is 0. The summed E-state index contributed by atoms with van der Waals surface area (Å²) in [5, 5.41) is 18.8. The fraction of sp³-hybridized carbons (Fsp3) is 0.625. The number of aliphatic carboxylic acids is 1. The number of hydrogen-bond donors (Lipinski definition) is 2. The van der Waals surface area contributed by atoms with Crippen LogP contribution < -0.4 is 5.43 Å². The van der Waals surface area contributed by atoms with Gasteiger partial charge in [0.15, 0.2) is 5.75 Å². The van der Waals surface area contributed by atoms with Gasteiger partial charge >= 0.3 is 5.97 Å². The lowest BCUT2D eigenvalue weighted by Gasteiger charge is -2.32. The van der Waals surface area contributed by atoms with Gasteiger partial charge in [0.05, 0.1) is 12.1 Å². The molecule has 2 N–H and O–H groups in total. The molecule has 0 spiro atoms. The third-order valence-electron chi connectivity index (χ3n) is 4.45. The topological polar surface area (TPSA) is 82.8 Å². The smallest absolute Gasteiger partial charge is 0.307 e. The van der Waals surface area contributed by atoms with Crippen LogP contribution >= 0.6 is 0 Å². The van der Waals surface area contributed by atoms with Gasteiger partial charge in [0, 0.05) is 30.9 Å². The van der Waals surface area contributed by atoms with Crippen LogP contribution in [0.4, 0.5) is 0 Å². The van der Waals surface area contributed by atoms with E-state index in [9.17, 15) is 14.7 Å². The zero-order valence-electron chi connectivity index (χ0n) is 13.2. The van der Waals surface area contributed by atoms with Crippen LogP contribution in [0.15, 0.2) is 17.1 Å². The second kappa shape index (κ2) is 6.96. The normalized spacial score (nSPS) is 20.7. The number of hydrogen-bond acceptors (Lipinski definition) is 4. The molecule has 0 amide bonds. The van der Waals surface area contributed by atoms with E-state index in [-0.39, 0.29) is 23.1 Å². The summed E-state index contributed by atoms with van der Waals surface area (Å²) in [4.78, 5) is 25.0. The highest BCUT2D eigenvalue weighted by molar-refractivity contribution is 5.70. The quantitative estimate of drug-likeness (QED) is 0.867. The Balaban J connectivity index is 2.23. The van der Waals surface area contributed by atoms with Crippen LogP contribution in [0, 0.1) is 5.92 Å². The Morgan fingerprint density at radius 1 is 1.50 bits per heavy atom. The molecule has 0 bridgehead atoms. The molecule has 0 aromatic carbocycles. The van der Waals surface area contributed by atoms with Gasteiger partial charge in [0.2, 0.25) is 5.43 Å². The fourth-order valence-corrected chi connectivity index (χ4v) is 2.94. The average Bonchev–Trinajstić information content (AvgIpc) is 2.50. The van der Waals surface area contributed by atoms with E-state index in [0.29, 0.717) is 19.5 Å². The van der Waals surface area contributed by atoms with Crippen LogP contribution in [0.25, 0.3) is 0 Å². The lowest BCUT2D eigenvalue weighted by atomic mass is 9.98. The molecule has 6 heteroatoms. The number of aromatic hydroxyl groups is 1. The Labute approximate surface area is 130 Å². The van der Waals surface area contributed by atoms with E-state index in [1.165, 1.54) is 12.3 Å². The number of aromatic nitrogens is 1. The lowest BCUT2D eigenvalue weighted by Crippen LogP contribution is -2.39. The van der Waals surface area contributed by atoms with Crippen molar-refractivity contribution < 1.29 is 15.0 Å². The van der Waals surface area contributed by atoms with Crippen molar-refractivity contribution in [2.24, 2.45) is 5.92 Å². The number of carbonyl (C=O) groups is 1. The lowest BCUT2D eigenvalue weighted by molar-refractivity contribution is -0.143. The highest BCUT2D eigenvalue weighted by atomic mass is 16.4. The van der Waals surface area contributed by atoms with E-state index in [1.54, 1.807) is 0 Å². The Bertz CT molecular complexity index is 596. The molecule has 0 saturated carbocycles. The molecule has 2 heterocycles. The molecule has 1 aliphatic rings. The second-order valence-corrected chi connectivity index (χ2v) is 6.09. The van der Waals surface area contributed by atoms with Crippen molar-refractivity contribution in [1.29, 1.82) is 0 Å². The molecule has 1 aromatic rings. The number of carboxylic acids is 1. The largest absolute Gasteiger partial charge is 0.503 e. The molecule has 122 valence electrons. The van der Waals surface area contributed by atoms with Crippen molar-refractivity contribution in [3.8, 4) is 5.75 Å². The molecule has 2 atom stereocenters. The zero-order valence-corrected chi connectivity index (χ0v) is 13.2. The molecule has 22 heavy (non-hydrogen) atoms. The summed E-state index contributed by atoms with van der Waals surface area (Å²) in [5.74, 6) is -1.34. The monoisotopic (exact) mass is 308 g/mol. The van der Waals surface area contributed by atoms with E-state index in [0.717, 1.165) is 25.1 Å². The number of carboxylic acid groups (broad SMARTS) is 1. The average molecular weight is 308 g/mol. The first-order valence-electron chi connectivity index (χ1n) is 7.81. The van der Waals surface area contributed by atoms with Gasteiger partial charge in [-0.15, -0.1) is 0 Å². The summed E-state index contributed by atoms with van der Waals surface area (Å²) < 4.78 is 1.92. The number of likely N-dealkylation sites (tertiary alicyclic amines) is 1. The van der Waals surface area contributed by atoms with Crippen LogP contribution in [0.1, 0.15) is 44.8 Å². The summed E-state index contributed by atoms with van der Waals surface area (Å²) in [6.07, 6.45) is 3.93. The second-order valence-electron chi connectivity index (χ2n) is 6.09. The molecule has 0 radical (unpaired) electrons. The number of pyridine rings is 1. The van der Waals surface area contributed by atoms with Crippen LogP contribution in [0.2, 0.25) is 0 Å². The van der Waals surface area contributed by atoms with E-state index in [2.05, 4.69) is 4.90 Å². The molecule has 2 unspecified atom stereocenters. The predicted molar refractivity (Wildman–Crippen MR) is 83.0 cm³/mol. The van der Waals surface area contributed by atoms with Gasteiger partial charge in [0.1, 0.15) is 0 Å². The van der Waals surface area contributed by atoms with Crippen LogP contribution in [0.5, 0.6) is 5.75 Å². The van der Waals surface area contributed by atoms with Crippen molar-refractivity contribution in [3.63, 3.8) is 0 Å². The summed E-state index contributed by atoms with van der Waals surface area (Å²) in [6, 6.07) is 1.63. The van der Waals surface area contributed by atoms with Gasteiger partial charge < -0.3 is 14.8 Å². The summed E-state index contributed by atoms with van der Waals surface area (Å²) in [7, 11) is 0. The molecule has 2 rings (SSSR count). The molecule has 1 saturated heterocycles. The van der Waals surface area contributed by atoms with Gasteiger partial charge in [-0.05, 0) is 32.7 Å². The first kappa shape index (κ1) is 16.5. The third-order valence-corrected chi connectivity index (χ3v) is 4.45. The number of nitrogens with zero attached hydrogens (tertiary/aromatic N) is 2. The van der Waals surface area contributed by atoms with Crippen LogP contribution in [-0.2, 0) is 11.3 Å². The highest BCUT2D eigenvalue weighted by Gasteiger charge is 2.26.